The van der Waals surface area contributed by atoms with Crippen LogP contribution in [0.15, 0.2) is 24.3 Å². The number of aryl methyl sites for hydroxylation is 1. The number of likely N-dealkylation sites (tertiary alicyclic amines) is 1. The Bertz CT molecular complexity index is 458. The number of nitrogens with zero attached hydrogens (tertiary/aromatic N) is 1. The van der Waals surface area contributed by atoms with Gasteiger partial charge in [0, 0.05) is 12.5 Å². The molecule has 1 aliphatic rings. The van der Waals surface area contributed by atoms with Gasteiger partial charge in [-0.15, -0.1) is 12.4 Å². The quantitative estimate of drug-likeness (QED) is 0.870. The lowest BCUT2D eigenvalue weighted by atomic mass is 9.95. The van der Waals surface area contributed by atoms with Crippen LogP contribution in [-0.2, 0) is 11.2 Å². The van der Waals surface area contributed by atoms with E-state index >= 15 is 0 Å². The maximum atomic E-state index is 11.2. The van der Waals surface area contributed by atoms with Crippen molar-refractivity contribution in [2.75, 3.05) is 19.6 Å². The Balaban J connectivity index is 0.00000242. The number of carbonyl (C=O) groups excluding carboxylic acids is 1. The highest BCUT2D eigenvalue weighted by molar-refractivity contribution is 5.85. The maximum Gasteiger partial charge on any atom is 0.405 e. The molecule has 1 saturated heterocycles. The van der Waals surface area contributed by atoms with Crippen LogP contribution in [0.1, 0.15) is 43.9 Å². The van der Waals surface area contributed by atoms with E-state index in [1.807, 2.05) is 12.1 Å². The monoisotopic (exact) mass is 326 g/mol. The van der Waals surface area contributed by atoms with Gasteiger partial charge in [0.1, 0.15) is 6.10 Å². The summed E-state index contributed by atoms with van der Waals surface area (Å²) in [6.07, 6.45) is 2.56. The average molecular weight is 327 g/mol. The number of rotatable bonds is 6. The molecule has 0 aromatic heterocycles. The number of benzene rings is 1. The van der Waals surface area contributed by atoms with Crippen LogP contribution in [0, 0.1) is 5.92 Å². The van der Waals surface area contributed by atoms with E-state index < -0.39 is 6.09 Å². The Kier molecular flexibility index (Phi) is 7.69. The molecule has 22 heavy (non-hydrogen) atoms. The van der Waals surface area contributed by atoms with E-state index in [0.717, 1.165) is 31.6 Å². The minimum absolute atomic E-state index is 0. The van der Waals surface area contributed by atoms with Gasteiger partial charge in [0.2, 0.25) is 0 Å². The minimum Gasteiger partial charge on any atom is -0.441 e. The second kappa shape index (κ2) is 9.01. The molecule has 1 amide bonds. The number of amides is 1. The number of hydrogen-bond donors (Lipinski definition) is 1. The standard InChI is InChI=1S/C17H26N2O2.ClH/c1-3-14-6-8-15(9-7-14)16(21-17(18)20)13(2)12-19-10-4-5-11-19;/h6-9,13,16H,3-5,10-12H2,1-2H3,(H2,18,20);1H. The molecule has 1 fully saturated rings. The van der Waals surface area contributed by atoms with Gasteiger partial charge in [0.15, 0.2) is 0 Å². The van der Waals surface area contributed by atoms with Crippen molar-refractivity contribution in [3.05, 3.63) is 35.4 Å². The zero-order valence-corrected chi connectivity index (χ0v) is 14.3. The van der Waals surface area contributed by atoms with E-state index in [-0.39, 0.29) is 24.4 Å². The molecule has 2 atom stereocenters. The molecule has 2 unspecified atom stereocenters. The first-order chi connectivity index (χ1) is 10.1. The Morgan fingerprint density at radius 2 is 1.86 bits per heavy atom. The molecular weight excluding hydrogens is 300 g/mol. The first-order valence-electron chi connectivity index (χ1n) is 7.87. The topological polar surface area (TPSA) is 55.6 Å². The second-order valence-corrected chi connectivity index (χ2v) is 5.94. The van der Waals surface area contributed by atoms with Crippen molar-refractivity contribution in [3.63, 3.8) is 0 Å². The lowest BCUT2D eigenvalue weighted by molar-refractivity contribution is 0.0609. The number of primary amides is 1. The van der Waals surface area contributed by atoms with Gasteiger partial charge in [-0.05, 0) is 43.5 Å². The molecule has 0 spiro atoms. The molecule has 1 aromatic carbocycles. The van der Waals surface area contributed by atoms with Crippen LogP contribution in [0.25, 0.3) is 0 Å². The Morgan fingerprint density at radius 3 is 2.36 bits per heavy atom. The lowest BCUT2D eigenvalue weighted by Gasteiger charge is -2.27. The van der Waals surface area contributed by atoms with E-state index in [0.29, 0.717) is 0 Å². The van der Waals surface area contributed by atoms with Gasteiger partial charge in [-0.25, -0.2) is 4.79 Å². The highest BCUT2D eigenvalue weighted by atomic mass is 35.5. The number of carbonyl (C=O) groups is 1. The molecule has 1 aromatic rings. The number of halogens is 1. The van der Waals surface area contributed by atoms with Crippen molar-refractivity contribution >= 4 is 18.5 Å². The van der Waals surface area contributed by atoms with E-state index in [9.17, 15) is 4.79 Å². The normalized spacial score (nSPS) is 17.5. The van der Waals surface area contributed by atoms with Crippen molar-refractivity contribution in [3.8, 4) is 0 Å². The summed E-state index contributed by atoms with van der Waals surface area (Å²) < 4.78 is 5.39. The van der Waals surface area contributed by atoms with Crippen molar-refractivity contribution in [2.24, 2.45) is 11.7 Å². The molecule has 0 aliphatic carbocycles. The van der Waals surface area contributed by atoms with Gasteiger partial charge < -0.3 is 15.4 Å². The van der Waals surface area contributed by atoms with Gasteiger partial charge in [0.25, 0.3) is 0 Å². The molecule has 2 N–H and O–H groups in total. The molecule has 124 valence electrons. The predicted molar refractivity (Wildman–Crippen MR) is 91.3 cm³/mol. The Labute approximate surface area is 139 Å². The van der Waals surface area contributed by atoms with Crippen LogP contribution in [0.2, 0.25) is 0 Å². The van der Waals surface area contributed by atoms with Crippen molar-refractivity contribution in [2.45, 2.75) is 39.2 Å². The minimum atomic E-state index is -0.701. The average Bonchev–Trinajstić information content (AvgIpc) is 2.97. The zero-order chi connectivity index (χ0) is 15.2. The highest BCUT2D eigenvalue weighted by Crippen LogP contribution is 2.28. The highest BCUT2D eigenvalue weighted by Gasteiger charge is 2.25. The molecule has 5 heteroatoms. The fraction of sp³-hybridized carbons (Fsp3) is 0.588. The summed E-state index contributed by atoms with van der Waals surface area (Å²) in [4.78, 5) is 13.7. The largest absolute Gasteiger partial charge is 0.441 e. The van der Waals surface area contributed by atoms with Crippen LogP contribution in [-0.4, -0.2) is 30.6 Å². The lowest BCUT2D eigenvalue weighted by Crippen LogP contribution is -2.31. The van der Waals surface area contributed by atoms with E-state index in [1.165, 1.54) is 18.4 Å². The zero-order valence-electron chi connectivity index (χ0n) is 13.5. The smallest absolute Gasteiger partial charge is 0.405 e. The summed E-state index contributed by atoms with van der Waals surface area (Å²) in [5.74, 6) is 0.225. The van der Waals surface area contributed by atoms with Gasteiger partial charge in [-0.2, -0.15) is 0 Å². The summed E-state index contributed by atoms with van der Waals surface area (Å²) in [5, 5.41) is 0. The second-order valence-electron chi connectivity index (χ2n) is 5.94. The van der Waals surface area contributed by atoms with Gasteiger partial charge in [-0.1, -0.05) is 38.1 Å². The van der Waals surface area contributed by atoms with Crippen LogP contribution in [0.5, 0.6) is 0 Å². The summed E-state index contributed by atoms with van der Waals surface area (Å²) in [7, 11) is 0. The molecule has 1 heterocycles. The summed E-state index contributed by atoms with van der Waals surface area (Å²) in [6, 6.07) is 8.28. The summed E-state index contributed by atoms with van der Waals surface area (Å²) in [6.45, 7) is 7.47. The molecule has 0 bridgehead atoms. The summed E-state index contributed by atoms with van der Waals surface area (Å²) in [5.41, 5.74) is 7.56. The third-order valence-corrected chi connectivity index (χ3v) is 4.22. The van der Waals surface area contributed by atoms with E-state index in [4.69, 9.17) is 10.5 Å². The predicted octanol–water partition coefficient (Wildman–Crippen LogP) is 3.54. The third kappa shape index (κ3) is 5.18. The first kappa shape index (κ1) is 18.8. The fourth-order valence-electron chi connectivity index (χ4n) is 3.05. The molecule has 4 nitrogen and oxygen atoms in total. The SMILES string of the molecule is CCc1ccc(C(OC(N)=O)C(C)CN2CCCC2)cc1.Cl. The van der Waals surface area contributed by atoms with E-state index in [2.05, 4.69) is 30.9 Å². The first-order valence-corrected chi connectivity index (χ1v) is 7.87. The van der Waals surface area contributed by atoms with Crippen molar-refractivity contribution in [1.82, 2.24) is 4.90 Å². The molecule has 0 saturated carbocycles. The van der Waals surface area contributed by atoms with Crippen LogP contribution in [0.3, 0.4) is 0 Å². The van der Waals surface area contributed by atoms with Crippen LogP contribution >= 0.6 is 12.4 Å². The Hall–Kier alpha value is -1.26. The van der Waals surface area contributed by atoms with Crippen LogP contribution < -0.4 is 5.73 Å². The number of hydrogen-bond acceptors (Lipinski definition) is 3. The molecule has 0 radical (unpaired) electrons. The number of ether oxygens (including phenoxy) is 1. The van der Waals surface area contributed by atoms with Crippen LogP contribution in [0.4, 0.5) is 4.79 Å². The third-order valence-electron chi connectivity index (χ3n) is 4.22. The van der Waals surface area contributed by atoms with Crippen molar-refractivity contribution in [1.29, 1.82) is 0 Å². The van der Waals surface area contributed by atoms with E-state index in [1.54, 1.807) is 0 Å². The molecule has 1 aliphatic heterocycles. The summed E-state index contributed by atoms with van der Waals surface area (Å²) >= 11 is 0. The fourth-order valence-corrected chi connectivity index (χ4v) is 3.05. The maximum absolute atomic E-state index is 11.2. The molecular formula is C17H27ClN2O2. The molecule has 2 rings (SSSR count). The van der Waals surface area contributed by atoms with Gasteiger partial charge >= 0.3 is 6.09 Å². The van der Waals surface area contributed by atoms with Gasteiger partial charge in [-0.3, -0.25) is 0 Å². The number of nitrogens with two attached hydrogens (primary N) is 1. The Morgan fingerprint density at radius 1 is 1.27 bits per heavy atom. The van der Waals surface area contributed by atoms with Crippen molar-refractivity contribution < 1.29 is 9.53 Å². The van der Waals surface area contributed by atoms with Gasteiger partial charge in [0.05, 0.1) is 0 Å².